The lowest BCUT2D eigenvalue weighted by atomic mass is 9.89. The summed E-state index contributed by atoms with van der Waals surface area (Å²) in [4.78, 5) is 76.7. The minimum absolute atomic E-state index is 0.000828. The van der Waals surface area contributed by atoms with Gasteiger partial charge in [0.25, 0.3) is 17.4 Å². The molecule has 12 nitrogen and oxygen atoms in total. The lowest BCUT2D eigenvalue weighted by molar-refractivity contribution is -0.137. The number of furan rings is 1. The molecule has 2 heterocycles. The third-order valence-corrected chi connectivity index (χ3v) is 8.73. The number of amides is 4. The van der Waals surface area contributed by atoms with E-state index in [9.17, 15) is 28.8 Å². The Morgan fingerprint density at radius 2 is 1.84 bits per heavy atom. The SMILES string of the molecule is CNC(=O)C(=O)CC[C@H](NC(=O)c1oc2ccccc2c1C)C(=O)Nc1cccn(CC(=O)NC2CC3CCCC2C3)c1=O. The van der Waals surface area contributed by atoms with Crippen molar-refractivity contribution in [2.24, 2.45) is 11.8 Å². The molecule has 5 rings (SSSR count). The van der Waals surface area contributed by atoms with Crippen LogP contribution >= 0.6 is 0 Å². The van der Waals surface area contributed by atoms with Gasteiger partial charge in [0, 0.05) is 36.7 Å². The van der Waals surface area contributed by atoms with Crippen LogP contribution in [0.5, 0.6) is 0 Å². The van der Waals surface area contributed by atoms with E-state index in [-0.39, 0.29) is 42.8 Å². The number of carbonyl (C=O) groups is 5. The van der Waals surface area contributed by atoms with Crippen LogP contribution < -0.4 is 26.8 Å². The maximum atomic E-state index is 13.4. The first-order valence-electron chi connectivity index (χ1n) is 15.0. The van der Waals surface area contributed by atoms with Crippen molar-refractivity contribution in [2.45, 2.75) is 70.5 Å². The number of rotatable bonds is 11. The van der Waals surface area contributed by atoms with Crippen molar-refractivity contribution in [3.8, 4) is 0 Å². The van der Waals surface area contributed by atoms with E-state index >= 15 is 0 Å². The third-order valence-electron chi connectivity index (χ3n) is 8.73. The van der Waals surface area contributed by atoms with Crippen molar-refractivity contribution < 1.29 is 28.4 Å². The van der Waals surface area contributed by atoms with E-state index in [1.165, 1.54) is 42.8 Å². The number of likely N-dealkylation sites (N-methyl/N-ethyl adjacent to an activating group) is 1. The summed E-state index contributed by atoms with van der Waals surface area (Å²) in [5.74, 6) is -2.19. The average molecular weight is 604 g/mol. The van der Waals surface area contributed by atoms with Gasteiger partial charge in [-0.05, 0) is 62.6 Å². The molecule has 2 bridgehead atoms. The van der Waals surface area contributed by atoms with Gasteiger partial charge in [0.15, 0.2) is 5.76 Å². The molecular formula is C32H37N5O7. The Bertz CT molecular complexity index is 1660. The first-order chi connectivity index (χ1) is 21.1. The summed E-state index contributed by atoms with van der Waals surface area (Å²) in [6, 6.07) is 8.85. The molecule has 2 aromatic heterocycles. The molecule has 0 aliphatic heterocycles. The van der Waals surface area contributed by atoms with Gasteiger partial charge in [-0.1, -0.05) is 31.0 Å². The number of fused-ring (bicyclic) bond motifs is 3. The molecule has 2 aliphatic rings. The van der Waals surface area contributed by atoms with Gasteiger partial charge in [0.2, 0.25) is 17.6 Å². The number of hydrogen-bond acceptors (Lipinski definition) is 7. The monoisotopic (exact) mass is 603 g/mol. The summed E-state index contributed by atoms with van der Waals surface area (Å²) in [5, 5.41) is 11.2. The van der Waals surface area contributed by atoms with Crippen molar-refractivity contribution in [2.75, 3.05) is 12.4 Å². The van der Waals surface area contributed by atoms with Gasteiger partial charge in [-0.2, -0.15) is 0 Å². The molecule has 12 heteroatoms. The number of nitrogens with one attached hydrogen (secondary N) is 4. The van der Waals surface area contributed by atoms with E-state index in [4.69, 9.17) is 4.42 Å². The number of anilines is 1. The standard InChI is InChI=1S/C32H37N5O7/c1-18-21-9-3-4-11-26(21)44-28(18)31(42)35-22(12-13-25(38)30(41)33-2)29(40)36-23-10-6-14-37(32(23)43)17-27(39)34-24-16-19-7-5-8-20(24)15-19/h3-4,6,9-11,14,19-20,22,24H,5,7-8,12-13,15-17H2,1-2H3,(H,33,41)(H,34,39)(H,35,42)(H,36,40)/t19?,20?,22-,24?/m0/s1. The number of benzene rings is 1. The fraction of sp³-hybridized carbons (Fsp3) is 0.438. The first kappa shape index (κ1) is 30.7. The molecule has 4 amide bonds. The Labute approximate surface area is 253 Å². The predicted molar refractivity (Wildman–Crippen MR) is 162 cm³/mol. The van der Waals surface area contributed by atoms with Crippen LogP contribution in [-0.2, 0) is 25.7 Å². The number of pyridine rings is 1. The smallest absolute Gasteiger partial charge is 0.287 e. The maximum Gasteiger partial charge on any atom is 0.287 e. The summed E-state index contributed by atoms with van der Waals surface area (Å²) >= 11 is 0. The predicted octanol–water partition coefficient (Wildman–Crippen LogP) is 2.43. The fourth-order valence-electron chi connectivity index (χ4n) is 6.44. The van der Waals surface area contributed by atoms with E-state index in [2.05, 4.69) is 21.3 Å². The zero-order valence-corrected chi connectivity index (χ0v) is 24.8. The highest BCUT2D eigenvalue weighted by atomic mass is 16.3. The van der Waals surface area contributed by atoms with Gasteiger partial charge in [-0.25, -0.2) is 0 Å². The average Bonchev–Trinajstić information content (AvgIpc) is 3.50. The summed E-state index contributed by atoms with van der Waals surface area (Å²) in [7, 11) is 1.32. The van der Waals surface area contributed by atoms with Gasteiger partial charge in [-0.3, -0.25) is 28.8 Å². The van der Waals surface area contributed by atoms with Crippen LogP contribution in [0.25, 0.3) is 11.0 Å². The molecule has 0 spiro atoms. The number of nitrogens with zero attached hydrogens (tertiary/aromatic N) is 1. The van der Waals surface area contributed by atoms with Crippen molar-refractivity contribution in [1.82, 2.24) is 20.5 Å². The van der Waals surface area contributed by atoms with Crippen LogP contribution in [0, 0.1) is 18.8 Å². The highest BCUT2D eigenvalue weighted by Crippen LogP contribution is 2.42. The largest absolute Gasteiger partial charge is 0.451 e. The summed E-state index contributed by atoms with van der Waals surface area (Å²) in [5.41, 5.74) is 0.374. The molecule has 1 aromatic carbocycles. The molecule has 2 fully saturated rings. The van der Waals surface area contributed by atoms with Crippen LogP contribution in [0.15, 0.2) is 51.8 Å². The van der Waals surface area contributed by atoms with Crippen LogP contribution in [-0.4, -0.2) is 53.1 Å². The second-order valence-corrected chi connectivity index (χ2v) is 11.7. The molecule has 2 aliphatic carbocycles. The van der Waals surface area contributed by atoms with E-state index < -0.39 is 35.1 Å². The van der Waals surface area contributed by atoms with Gasteiger partial charge in [-0.15, -0.1) is 0 Å². The Hall–Kier alpha value is -4.74. The Kier molecular flexibility index (Phi) is 9.26. The van der Waals surface area contributed by atoms with Gasteiger partial charge in [0.1, 0.15) is 23.9 Å². The Morgan fingerprint density at radius 1 is 1.05 bits per heavy atom. The number of carbonyl (C=O) groups excluding carboxylic acids is 5. The van der Waals surface area contributed by atoms with Crippen molar-refractivity contribution in [3.63, 3.8) is 0 Å². The topological polar surface area (TPSA) is 169 Å². The van der Waals surface area contributed by atoms with E-state index in [1.54, 1.807) is 25.1 Å². The molecule has 3 aromatic rings. The Morgan fingerprint density at radius 3 is 2.59 bits per heavy atom. The second-order valence-electron chi connectivity index (χ2n) is 11.7. The number of aryl methyl sites for hydroxylation is 1. The second kappa shape index (κ2) is 13.3. The molecule has 4 N–H and O–H groups in total. The van der Waals surface area contributed by atoms with Gasteiger partial charge < -0.3 is 30.3 Å². The zero-order chi connectivity index (χ0) is 31.4. The molecule has 3 unspecified atom stereocenters. The molecular weight excluding hydrogens is 566 g/mol. The van der Waals surface area contributed by atoms with Crippen molar-refractivity contribution >= 4 is 46.1 Å². The van der Waals surface area contributed by atoms with E-state index in [0.29, 0.717) is 23.0 Å². The number of ketones is 1. The highest BCUT2D eigenvalue weighted by molar-refractivity contribution is 6.36. The normalized spacial score (nSPS) is 19.6. The number of para-hydroxylation sites is 1. The summed E-state index contributed by atoms with van der Waals surface area (Å²) in [6.45, 7) is 1.51. The fourth-order valence-corrected chi connectivity index (χ4v) is 6.44. The summed E-state index contributed by atoms with van der Waals surface area (Å²) in [6.07, 6.45) is 6.50. The minimum Gasteiger partial charge on any atom is -0.451 e. The minimum atomic E-state index is -1.29. The number of aromatic nitrogens is 1. The van der Waals surface area contributed by atoms with Gasteiger partial charge >= 0.3 is 0 Å². The van der Waals surface area contributed by atoms with Crippen molar-refractivity contribution in [3.05, 3.63) is 64.3 Å². The van der Waals surface area contributed by atoms with Crippen LogP contribution in [0.3, 0.4) is 0 Å². The molecule has 44 heavy (non-hydrogen) atoms. The molecule has 2 saturated carbocycles. The third kappa shape index (κ3) is 6.74. The van der Waals surface area contributed by atoms with Crippen LogP contribution in [0.1, 0.15) is 61.1 Å². The van der Waals surface area contributed by atoms with Crippen LogP contribution in [0.4, 0.5) is 5.69 Å². The molecule has 4 atom stereocenters. The van der Waals surface area contributed by atoms with Crippen molar-refractivity contribution in [1.29, 1.82) is 0 Å². The number of Topliss-reactive ketones (excluding diaryl/α,β-unsaturated/α-hetero) is 1. The summed E-state index contributed by atoms with van der Waals surface area (Å²) < 4.78 is 6.93. The highest BCUT2D eigenvalue weighted by Gasteiger charge is 2.37. The maximum absolute atomic E-state index is 13.4. The molecule has 0 radical (unpaired) electrons. The lowest BCUT2D eigenvalue weighted by Crippen LogP contribution is -2.45. The number of hydrogen-bond donors (Lipinski definition) is 4. The molecule has 0 saturated heterocycles. The first-order valence-corrected chi connectivity index (χ1v) is 15.0. The zero-order valence-electron chi connectivity index (χ0n) is 24.8. The molecule has 232 valence electrons. The lowest BCUT2D eigenvalue weighted by Gasteiger charge is -2.22. The Balaban J connectivity index is 1.29. The van der Waals surface area contributed by atoms with Gasteiger partial charge in [0.05, 0.1) is 0 Å². The van der Waals surface area contributed by atoms with E-state index in [1.807, 2.05) is 6.07 Å². The van der Waals surface area contributed by atoms with Crippen LogP contribution in [0.2, 0.25) is 0 Å². The van der Waals surface area contributed by atoms with E-state index in [0.717, 1.165) is 24.6 Å². The quantitative estimate of drug-likeness (QED) is 0.244.